The number of benzene rings is 1. The number of furan rings is 1. The number of ether oxygens (including phenoxy) is 1. The van der Waals surface area contributed by atoms with Crippen LogP contribution in [0.4, 0.5) is 5.13 Å². The van der Waals surface area contributed by atoms with Crippen molar-refractivity contribution in [3.8, 4) is 0 Å². The van der Waals surface area contributed by atoms with Crippen LogP contribution in [0.1, 0.15) is 43.3 Å². The summed E-state index contributed by atoms with van der Waals surface area (Å²) in [6, 6.07) is 9.21. The molecule has 160 valence electrons. The van der Waals surface area contributed by atoms with Gasteiger partial charge in [0.15, 0.2) is 10.6 Å². The highest BCUT2D eigenvalue weighted by Crippen LogP contribution is 2.43. The fourth-order valence-corrected chi connectivity index (χ4v) is 4.70. The molecule has 4 heterocycles. The molecular formula is C23H16N2O6S. The van der Waals surface area contributed by atoms with Crippen LogP contribution in [-0.4, -0.2) is 23.5 Å². The second kappa shape index (κ2) is 7.61. The van der Waals surface area contributed by atoms with Crippen molar-refractivity contribution in [1.82, 2.24) is 4.98 Å². The van der Waals surface area contributed by atoms with Gasteiger partial charge in [-0.05, 0) is 31.2 Å². The van der Waals surface area contributed by atoms with Gasteiger partial charge in [-0.25, -0.2) is 9.78 Å². The van der Waals surface area contributed by atoms with E-state index in [9.17, 15) is 14.4 Å². The van der Waals surface area contributed by atoms with Crippen molar-refractivity contribution in [2.45, 2.75) is 13.0 Å². The van der Waals surface area contributed by atoms with Crippen LogP contribution in [0.2, 0.25) is 0 Å². The van der Waals surface area contributed by atoms with Crippen LogP contribution in [-0.2, 0) is 4.74 Å². The predicted octanol–water partition coefficient (Wildman–Crippen LogP) is 4.24. The average Bonchev–Trinajstić information content (AvgIpc) is 3.51. The fraction of sp³-hybridized carbons (Fsp3) is 0.130. The van der Waals surface area contributed by atoms with Crippen molar-refractivity contribution < 1.29 is 23.2 Å². The highest BCUT2D eigenvalue weighted by atomic mass is 32.1. The molecule has 3 aromatic heterocycles. The monoisotopic (exact) mass is 448 g/mol. The van der Waals surface area contributed by atoms with Crippen LogP contribution in [0, 0.1) is 6.92 Å². The molecule has 1 atom stereocenters. The van der Waals surface area contributed by atoms with Crippen LogP contribution in [0.5, 0.6) is 0 Å². The zero-order chi connectivity index (χ0) is 22.4. The number of carbonyl (C=O) groups is 2. The second-order valence-corrected chi connectivity index (χ2v) is 8.04. The number of thiazole rings is 1. The molecule has 0 aliphatic carbocycles. The molecule has 1 amide bonds. The molecule has 32 heavy (non-hydrogen) atoms. The summed E-state index contributed by atoms with van der Waals surface area (Å²) < 4.78 is 16.6. The molecule has 0 saturated carbocycles. The quantitative estimate of drug-likeness (QED) is 0.332. The van der Waals surface area contributed by atoms with Crippen molar-refractivity contribution in [1.29, 1.82) is 0 Å². The third kappa shape index (κ3) is 2.97. The average molecular weight is 448 g/mol. The van der Waals surface area contributed by atoms with Crippen molar-refractivity contribution in [3.05, 3.63) is 93.2 Å². The highest BCUT2D eigenvalue weighted by Gasteiger charge is 2.46. The number of anilines is 1. The van der Waals surface area contributed by atoms with E-state index in [-0.39, 0.29) is 33.4 Å². The SMILES string of the molecule is C=CCOC(=O)c1sc(N2C(=O)c3oc4ccccc4c(=O)c3[C@H]2c2ccco2)nc1C. The maximum atomic E-state index is 13.4. The van der Waals surface area contributed by atoms with Crippen molar-refractivity contribution in [3.63, 3.8) is 0 Å². The first kappa shape index (κ1) is 20.0. The summed E-state index contributed by atoms with van der Waals surface area (Å²) in [7, 11) is 0. The van der Waals surface area contributed by atoms with E-state index in [1.807, 2.05) is 0 Å². The van der Waals surface area contributed by atoms with Gasteiger partial charge in [-0.2, -0.15) is 0 Å². The van der Waals surface area contributed by atoms with E-state index < -0.39 is 17.9 Å². The normalized spacial score (nSPS) is 15.2. The standard InChI is InChI=1S/C23H16N2O6S/c1-3-10-30-22(28)20-12(2)24-23(32-20)25-17(15-9-6-11-29-15)16-18(26)13-7-4-5-8-14(13)31-19(16)21(25)27/h3-9,11,17H,1,10H2,2H3/t17-/m1/s1. The van der Waals surface area contributed by atoms with E-state index in [0.717, 1.165) is 11.3 Å². The Balaban J connectivity index is 1.69. The highest BCUT2D eigenvalue weighted by molar-refractivity contribution is 7.17. The lowest BCUT2D eigenvalue weighted by molar-refractivity contribution is 0.0554. The molecule has 8 nitrogen and oxygen atoms in total. The number of hydrogen-bond donors (Lipinski definition) is 0. The van der Waals surface area contributed by atoms with Gasteiger partial charge >= 0.3 is 5.97 Å². The summed E-state index contributed by atoms with van der Waals surface area (Å²) in [5.41, 5.74) is 0.574. The molecule has 9 heteroatoms. The molecule has 0 spiro atoms. The number of amides is 1. The summed E-state index contributed by atoms with van der Waals surface area (Å²) in [6.45, 7) is 5.23. The first-order chi connectivity index (χ1) is 15.5. The van der Waals surface area contributed by atoms with Crippen LogP contribution < -0.4 is 10.3 Å². The summed E-state index contributed by atoms with van der Waals surface area (Å²) in [5.74, 6) is -0.795. The van der Waals surface area contributed by atoms with E-state index in [0.29, 0.717) is 22.4 Å². The number of carbonyl (C=O) groups excluding carboxylic acids is 2. The van der Waals surface area contributed by atoms with Gasteiger partial charge in [-0.3, -0.25) is 14.5 Å². The zero-order valence-corrected chi connectivity index (χ0v) is 17.7. The molecule has 1 aliphatic heterocycles. The summed E-state index contributed by atoms with van der Waals surface area (Å²) in [6.07, 6.45) is 2.93. The van der Waals surface area contributed by atoms with E-state index in [1.54, 1.807) is 43.3 Å². The minimum atomic E-state index is -0.879. The molecule has 1 aliphatic rings. The molecular weight excluding hydrogens is 432 g/mol. The van der Waals surface area contributed by atoms with E-state index >= 15 is 0 Å². The summed E-state index contributed by atoms with van der Waals surface area (Å²) in [4.78, 5) is 45.2. The number of nitrogens with zero attached hydrogens (tertiary/aromatic N) is 2. The first-order valence-corrected chi connectivity index (χ1v) is 10.5. The minimum absolute atomic E-state index is 0.0552. The van der Waals surface area contributed by atoms with Crippen LogP contribution in [0.3, 0.4) is 0 Å². The molecule has 0 unspecified atom stereocenters. The second-order valence-electron chi connectivity index (χ2n) is 7.06. The van der Waals surface area contributed by atoms with Crippen molar-refractivity contribution in [2.24, 2.45) is 0 Å². The largest absolute Gasteiger partial charge is 0.467 e. The Morgan fingerprint density at radius 2 is 2.09 bits per heavy atom. The van der Waals surface area contributed by atoms with Gasteiger partial charge in [-0.1, -0.05) is 36.1 Å². The van der Waals surface area contributed by atoms with Gasteiger partial charge in [0.2, 0.25) is 5.76 Å². The lowest BCUT2D eigenvalue weighted by Gasteiger charge is -2.20. The molecule has 0 bridgehead atoms. The Morgan fingerprint density at radius 3 is 2.84 bits per heavy atom. The topological polar surface area (TPSA) is 103 Å². The Kier molecular flexibility index (Phi) is 4.75. The van der Waals surface area contributed by atoms with Gasteiger partial charge in [0.1, 0.15) is 28.9 Å². The van der Waals surface area contributed by atoms with E-state index in [2.05, 4.69) is 11.6 Å². The smallest absolute Gasteiger partial charge is 0.350 e. The molecule has 0 radical (unpaired) electrons. The lowest BCUT2D eigenvalue weighted by atomic mass is 10.0. The Bertz CT molecular complexity index is 1430. The molecule has 1 aromatic carbocycles. The van der Waals surface area contributed by atoms with E-state index in [1.165, 1.54) is 17.2 Å². The fourth-order valence-electron chi connectivity index (χ4n) is 3.71. The van der Waals surface area contributed by atoms with Crippen molar-refractivity contribution in [2.75, 3.05) is 11.5 Å². The predicted molar refractivity (Wildman–Crippen MR) is 117 cm³/mol. The number of rotatable bonds is 5. The molecule has 4 aromatic rings. The Hall–Kier alpha value is -3.98. The molecule has 0 fully saturated rings. The minimum Gasteiger partial charge on any atom is -0.467 e. The van der Waals surface area contributed by atoms with Crippen LogP contribution in [0.15, 0.2) is 68.9 Å². The lowest BCUT2D eigenvalue weighted by Crippen LogP contribution is -2.29. The molecule has 0 saturated heterocycles. The number of hydrogen-bond acceptors (Lipinski definition) is 8. The van der Waals surface area contributed by atoms with Gasteiger partial charge in [-0.15, -0.1) is 0 Å². The number of aryl methyl sites for hydroxylation is 1. The van der Waals surface area contributed by atoms with Crippen LogP contribution >= 0.6 is 11.3 Å². The maximum absolute atomic E-state index is 13.4. The third-order valence-corrected chi connectivity index (χ3v) is 6.24. The molecule has 0 N–H and O–H groups in total. The summed E-state index contributed by atoms with van der Waals surface area (Å²) in [5, 5.41) is 0.593. The van der Waals surface area contributed by atoms with Gasteiger partial charge in [0, 0.05) is 0 Å². The zero-order valence-electron chi connectivity index (χ0n) is 16.9. The maximum Gasteiger partial charge on any atom is 0.350 e. The Labute approximate surface area is 185 Å². The van der Waals surface area contributed by atoms with Crippen LogP contribution in [0.25, 0.3) is 11.0 Å². The van der Waals surface area contributed by atoms with E-state index in [4.69, 9.17) is 13.6 Å². The summed E-state index contributed by atoms with van der Waals surface area (Å²) >= 11 is 1.00. The number of para-hydroxylation sites is 1. The Morgan fingerprint density at radius 1 is 1.28 bits per heavy atom. The molecule has 5 rings (SSSR count). The third-order valence-electron chi connectivity index (χ3n) is 5.10. The van der Waals surface area contributed by atoms with Gasteiger partial charge in [0.05, 0.1) is 22.9 Å². The van der Waals surface area contributed by atoms with Gasteiger partial charge in [0.25, 0.3) is 5.91 Å². The number of esters is 1. The van der Waals surface area contributed by atoms with Gasteiger partial charge < -0.3 is 13.6 Å². The number of aromatic nitrogens is 1. The van der Waals surface area contributed by atoms with Crippen molar-refractivity contribution >= 4 is 39.3 Å². The number of fused-ring (bicyclic) bond motifs is 2. The first-order valence-electron chi connectivity index (χ1n) is 9.69.